The Labute approximate surface area is 143 Å². The molecule has 5 nitrogen and oxygen atoms in total. The molecule has 2 N–H and O–H groups in total. The van der Waals surface area contributed by atoms with E-state index in [0.717, 1.165) is 6.20 Å². The van der Waals surface area contributed by atoms with Gasteiger partial charge >= 0.3 is 7.12 Å². The first kappa shape index (κ1) is 20.6. The number of hydrogen-bond donors (Lipinski definition) is 1. The number of nitrogens with two attached hydrogens (primary N) is 1. The molecule has 0 unspecified atom stereocenters. The minimum absolute atomic E-state index is 0.135. The summed E-state index contributed by atoms with van der Waals surface area (Å²) < 4.78 is 38.9. The zero-order valence-corrected chi connectivity index (χ0v) is 15.5. The zero-order valence-electron chi connectivity index (χ0n) is 15.5. The second-order valence-electron chi connectivity index (χ2n) is 7.10. The highest BCUT2D eigenvalue weighted by Gasteiger charge is 2.53. The normalized spacial score (nSPS) is 22.5. The van der Waals surface area contributed by atoms with Crippen LogP contribution >= 0.6 is 0 Å². The van der Waals surface area contributed by atoms with E-state index >= 15 is 0 Å². The zero-order chi connectivity index (χ0) is 18.7. The number of halogens is 2. The van der Waals surface area contributed by atoms with Gasteiger partial charge in [0, 0.05) is 25.1 Å². The minimum Gasteiger partial charge on any atom is -0.405 e. The molecule has 1 atom stereocenters. The third kappa shape index (κ3) is 4.80. The van der Waals surface area contributed by atoms with Crippen molar-refractivity contribution >= 4 is 13.5 Å². The molecule has 0 aromatic rings. The molecule has 0 amide bonds. The predicted octanol–water partition coefficient (Wildman–Crippen LogP) is 2.63. The van der Waals surface area contributed by atoms with Gasteiger partial charge in [0.05, 0.1) is 23.6 Å². The average molecular weight is 343 g/mol. The van der Waals surface area contributed by atoms with Crippen molar-refractivity contribution in [1.82, 2.24) is 4.90 Å². The molecule has 0 aliphatic carbocycles. The van der Waals surface area contributed by atoms with Crippen LogP contribution in [0.2, 0.25) is 0 Å². The Morgan fingerprint density at radius 2 is 1.67 bits per heavy atom. The van der Waals surface area contributed by atoms with E-state index in [1.165, 1.54) is 6.08 Å². The summed E-state index contributed by atoms with van der Waals surface area (Å²) >= 11 is 0. The van der Waals surface area contributed by atoms with Crippen LogP contribution in [-0.2, 0) is 9.31 Å². The fourth-order valence-electron chi connectivity index (χ4n) is 2.12. The number of rotatable bonds is 6. The number of alkyl halides is 2. The Hall–Kier alpha value is -1.41. The van der Waals surface area contributed by atoms with E-state index in [9.17, 15) is 8.78 Å². The molecule has 1 rings (SSSR count). The fraction of sp³-hybridized carbons (Fsp3) is 0.688. The molecule has 8 heteroatoms. The van der Waals surface area contributed by atoms with Gasteiger partial charge < -0.3 is 19.9 Å². The number of aliphatic imine (C=N–C) groups is 1. The van der Waals surface area contributed by atoms with Crippen LogP contribution in [0.15, 0.2) is 28.3 Å². The average Bonchev–Trinajstić information content (AvgIpc) is 2.64. The topological polar surface area (TPSA) is 60.1 Å². The lowest BCUT2D eigenvalue weighted by molar-refractivity contribution is 0.00578. The monoisotopic (exact) mass is 343 g/mol. The summed E-state index contributed by atoms with van der Waals surface area (Å²) in [4.78, 5) is 5.92. The fourth-order valence-corrected chi connectivity index (χ4v) is 2.12. The molecule has 1 aliphatic rings. The molecule has 1 aliphatic heterocycles. The van der Waals surface area contributed by atoms with Gasteiger partial charge in [-0.3, -0.25) is 4.99 Å². The van der Waals surface area contributed by atoms with E-state index < -0.39 is 30.8 Å². The predicted molar refractivity (Wildman–Crippen MR) is 94.1 cm³/mol. The van der Waals surface area contributed by atoms with Crippen molar-refractivity contribution < 1.29 is 18.1 Å². The highest BCUT2D eigenvalue weighted by atomic mass is 19.3. The van der Waals surface area contributed by atoms with Crippen molar-refractivity contribution in [2.75, 3.05) is 14.1 Å². The van der Waals surface area contributed by atoms with E-state index in [4.69, 9.17) is 15.0 Å². The quantitative estimate of drug-likeness (QED) is 0.349. The first-order chi connectivity index (χ1) is 10.9. The lowest BCUT2D eigenvalue weighted by Crippen LogP contribution is -2.41. The Balaban J connectivity index is 3.11. The van der Waals surface area contributed by atoms with Crippen LogP contribution in [-0.4, -0.2) is 56.1 Å². The lowest BCUT2D eigenvalue weighted by atomic mass is 9.74. The smallest absolute Gasteiger partial charge is 0.405 e. The van der Waals surface area contributed by atoms with Gasteiger partial charge in [-0.1, -0.05) is 6.08 Å². The van der Waals surface area contributed by atoms with Crippen LogP contribution < -0.4 is 5.73 Å². The van der Waals surface area contributed by atoms with Gasteiger partial charge in [-0.25, -0.2) is 8.78 Å². The molecule has 24 heavy (non-hydrogen) atoms. The lowest BCUT2D eigenvalue weighted by Gasteiger charge is -2.32. The van der Waals surface area contributed by atoms with Crippen LogP contribution in [0.5, 0.6) is 0 Å². The van der Waals surface area contributed by atoms with Crippen molar-refractivity contribution in [1.29, 1.82) is 0 Å². The maximum absolute atomic E-state index is 13.6. The van der Waals surface area contributed by atoms with Gasteiger partial charge in [0.15, 0.2) is 0 Å². The summed E-state index contributed by atoms with van der Waals surface area (Å²) in [6.07, 6.45) is 1.37. The molecule has 0 saturated carbocycles. The van der Waals surface area contributed by atoms with Crippen molar-refractivity contribution in [2.24, 2.45) is 10.7 Å². The van der Waals surface area contributed by atoms with E-state index in [-0.39, 0.29) is 11.0 Å². The first-order valence-electron chi connectivity index (χ1n) is 7.88. The maximum atomic E-state index is 13.6. The Bertz CT molecular complexity index is 515. The summed E-state index contributed by atoms with van der Waals surface area (Å²) in [6, 6.07) is -0.436. The van der Waals surface area contributed by atoms with Crippen LogP contribution in [0.3, 0.4) is 0 Å². The summed E-state index contributed by atoms with van der Waals surface area (Å²) in [7, 11) is 2.68. The van der Waals surface area contributed by atoms with E-state index in [0.29, 0.717) is 0 Å². The van der Waals surface area contributed by atoms with E-state index in [2.05, 4.69) is 4.99 Å². The van der Waals surface area contributed by atoms with Gasteiger partial charge in [0.2, 0.25) is 0 Å². The molecule has 0 bridgehead atoms. The second-order valence-corrected chi connectivity index (χ2v) is 7.10. The molecule has 136 valence electrons. The minimum atomic E-state index is -2.71. The maximum Gasteiger partial charge on any atom is 0.496 e. The third-order valence-corrected chi connectivity index (χ3v) is 4.21. The van der Waals surface area contributed by atoms with Crippen LogP contribution in [0.4, 0.5) is 8.78 Å². The highest BCUT2D eigenvalue weighted by molar-refractivity contribution is 6.56. The van der Waals surface area contributed by atoms with Crippen LogP contribution in [0, 0.1) is 0 Å². The molecular formula is C16H28BF2N3O2. The Kier molecular flexibility index (Phi) is 6.58. The first-order valence-corrected chi connectivity index (χ1v) is 7.88. The molecule has 1 heterocycles. The standard InChI is InChI=1S/C16H28BF2N3O2/c1-11(21-10-22(6)7)8-12(14(18)19)13(9-20)17-23-15(2,3)16(4,5)24-17/h8-11,14H,20H2,1-7H3/b12-8+,13-9+,21-10?/t11-/m0/s1. The highest BCUT2D eigenvalue weighted by Crippen LogP contribution is 2.40. The van der Waals surface area contributed by atoms with Gasteiger partial charge in [0.1, 0.15) is 0 Å². The Morgan fingerprint density at radius 3 is 2.04 bits per heavy atom. The second kappa shape index (κ2) is 7.65. The molecule has 0 aromatic heterocycles. The summed E-state index contributed by atoms with van der Waals surface area (Å²) in [5.74, 6) is 0. The molecule has 0 radical (unpaired) electrons. The van der Waals surface area contributed by atoms with Gasteiger partial charge in [-0.2, -0.15) is 0 Å². The summed E-state index contributed by atoms with van der Waals surface area (Å²) in [6.45, 7) is 9.16. The molecule has 1 fully saturated rings. The third-order valence-electron chi connectivity index (χ3n) is 4.21. The van der Waals surface area contributed by atoms with Crippen molar-refractivity contribution in [2.45, 2.75) is 58.3 Å². The SMILES string of the molecule is C[C@@H](/C=C(\C(=C/N)B1OC(C)(C)C(C)(C)O1)C(F)F)N=CN(C)C. The Morgan fingerprint density at radius 1 is 1.17 bits per heavy atom. The number of hydrogen-bond acceptors (Lipinski definition) is 4. The van der Waals surface area contributed by atoms with E-state index in [1.54, 1.807) is 18.2 Å². The van der Waals surface area contributed by atoms with Crippen molar-refractivity contribution in [3.63, 3.8) is 0 Å². The van der Waals surface area contributed by atoms with E-state index in [1.807, 2.05) is 41.8 Å². The number of nitrogens with zero attached hydrogens (tertiary/aromatic N) is 2. The summed E-state index contributed by atoms with van der Waals surface area (Å²) in [5.41, 5.74) is 4.27. The van der Waals surface area contributed by atoms with Crippen LogP contribution in [0.25, 0.3) is 0 Å². The van der Waals surface area contributed by atoms with Crippen molar-refractivity contribution in [3.8, 4) is 0 Å². The summed E-state index contributed by atoms with van der Waals surface area (Å²) in [5, 5.41) is 0. The van der Waals surface area contributed by atoms with Gasteiger partial charge in [-0.15, -0.1) is 0 Å². The molecule has 0 spiro atoms. The number of allylic oxidation sites excluding steroid dienone is 2. The van der Waals surface area contributed by atoms with Gasteiger partial charge in [-0.05, 0) is 40.8 Å². The molecule has 1 saturated heterocycles. The molecule has 0 aromatic carbocycles. The van der Waals surface area contributed by atoms with Gasteiger partial charge in [0.25, 0.3) is 6.43 Å². The largest absolute Gasteiger partial charge is 0.496 e. The molecular weight excluding hydrogens is 315 g/mol. The van der Waals surface area contributed by atoms with Crippen molar-refractivity contribution in [3.05, 3.63) is 23.3 Å². The van der Waals surface area contributed by atoms with Crippen LogP contribution in [0.1, 0.15) is 34.6 Å².